The van der Waals surface area contributed by atoms with Gasteiger partial charge < -0.3 is 14.5 Å². The zero-order valence-corrected chi connectivity index (χ0v) is 11.4. The van der Waals surface area contributed by atoms with Crippen molar-refractivity contribution in [2.24, 2.45) is 0 Å². The number of carbonyl (C=O) groups excluding carboxylic acids is 2. The van der Waals surface area contributed by atoms with E-state index in [0.717, 1.165) is 12.2 Å². The highest BCUT2D eigenvalue weighted by Crippen LogP contribution is 2.08. The average Bonchev–Trinajstić information content (AvgIpc) is 2.79. The Morgan fingerprint density at radius 1 is 1.47 bits per heavy atom. The monoisotopic (exact) mass is 265 g/mol. The Labute approximate surface area is 112 Å². The number of esters is 1. The third-order valence-corrected chi connectivity index (χ3v) is 2.36. The fourth-order valence-electron chi connectivity index (χ4n) is 1.35. The third kappa shape index (κ3) is 5.42. The van der Waals surface area contributed by atoms with Crippen molar-refractivity contribution < 1.29 is 18.7 Å². The van der Waals surface area contributed by atoms with Crippen molar-refractivity contribution in [1.29, 1.82) is 0 Å². The molecule has 0 bridgehead atoms. The summed E-state index contributed by atoms with van der Waals surface area (Å²) in [5.74, 6) is 0.462. The van der Waals surface area contributed by atoms with Gasteiger partial charge >= 0.3 is 5.97 Å². The number of nitrogens with one attached hydrogen (secondary N) is 1. The van der Waals surface area contributed by atoms with E-state index in [1.165, 1.54) is 19.1 Å². The quantitative estimate of drug-likeness (QED) is 0.631. The van der Waals surface area contributed by atoms with E-state index < -0.39 is 12.1 Å². The van der Waals surface area contributed by atoms with Crippen molar-refractivity contribution in [2.75, 3.05) is 6.54 Å². The van der Waals surface area contributed by atoms with E-state index in [4.69, 9.17) is 9.15 Å². The fraction of sp³-hybridized carbons (Fsp3) is 0.429. The number of amides is 1. The summed E-state index contributed by atoms with van der Waals surface area (Å²) in [5.41, 5.74) is 0. The van der Waals surface area contributed by atoms with Crippen LogP contribution in [0.3, 0.4) is 0 Å². The smallest absolute Gasteiger partial charge is 0.331 e. The lowest BCUT2D eigenvalue weighted by Crippen LogP contribution is -2.35. The standard InChI is InChI=1S/C14H19NO4/c1-4-9-15-14(17)11(3)19-13(16)8-7-12-6-5-10(2)18-12/h5-8,11H,4,9H2,1-3H3,(H,15,17)/b8-7+. The van der Waals surface area contributed by atoms with Crippen molar-refractivity contribution >= 4 is 18.0 Å². The highest BCUT2D eigenvalue weighted by atomic mass is 16.5. The number of hydrogen-bond acceptors (Lipinski definition) is 4. The highest BCUT2D eigenvalue weighted by Gasteiger charge is 2.15. The van der Waals surface area contributed by atoms with Crippen molar-refractivity contribution in [1.82, 2.24) is 5.32 Å². The van der Waals surface area contributed by atoms with E-state index in [1.54, 1.807) is 12.1 Å². The fourth-order valence-corrected chi connectivity index (χ4v) is 1.35. The van der Waals surface area contributed by atoms with Crippen LogP contribution in [0.1, 0.15) is 31.8 Å². The molecule has 0 fully saturated rings. The molecule has 5 heteroatoms. The van der Waals surface area contributed by atoms with Gasteiger partial charge in [0.15, 0.2) is 6.10 Å². The summed E-state index contributed by atoms with van der Waals surface area (Å²) in [6.07, 6.45) is 2.78. The molecule has 0 aliphatic heterocycles. The maximum absolute atomic E-state index is 11.5. The molecule has 5 nitrogen and oxygen atoms in total. The van der Waals surface area contributed by atoms with Gasteiger partial charge in [0.2, 0.25) is 0 Å². The van der Waals surface area contributed by atoms with Gasteiger partial charge in [-0.25, -0.2) is 4.79 Å². The lowest BCUT2D eigenvalue weighted by Gasteiger charge is -2.11. The molecule has 0 aromatic carbocycles. The van der Waals surface area contributed by atoms with Gasteiger partial charge in [-0.1, -0.05) is 6.92 Å². The molecule has 1 rings (SSSR count). The minimum absolute atomic E-state index is 0.294. The Hall–Kier alpha value is -2.04. The first-order valence-electron chi connectivity index (χ1n) is 6.25. The van der Waals surface area contributed by atoms with Gasteiger partial charge in [-0.15, -0.1) is 0 Å². The van der Waals surface area contributed by atoms with E-state index in [-0.39, 0.29) is 5.91 Å². The van der Waals surface area contributed by atoms with Crippen LogP contribution in [0.25, 0.3) is 6.08 Å². The highest BCUT2D eigenvalue weighted by molar-refractivity contribution is 5.90. The number of rotatable bonds is 6. The summed E-state index contributed by atoms with van der Waals surface area (Å²) in [6.45, 7) is 5.87. The van der Waals surface area contributed by atoms with Crippen LogP contribution in [-0.2, 0) is 14.3 Å². The number of furan rings is 1. The maximum Gasteiger partial charge on any atom is 0.331 e. The Morgan fingerprint density at radius 3 is 2.79 bits per heavy atom. The summed E-state index contributed by atoms with van der Waals surface area (Å²) in [4.78, 5) is 23.0. The van der Waals surface area contributed by atoms with Gasteiger partial charge in [0, 0.05) is 12.6 Å². The largest absolute Gasteiger partial charge is 0.462 e. The van der Waals surface area contributed by atoms with Crippen LogP contribution in [0, 0.1) is 6.92 Å². The summed E-state index contributed by atoms with van der Waals surface area (Å²) < 4.78 is 10.2. The van der Waals surface area contributed by atoms with E-state index in [2.05, 4.69) is 5.32 Å². The first-order valence-corrected chi connectivity index (χ1v) is 6.25. The normalized spacial score (nSPS) is 12.4. The molecule has 0 spiro atoms. The minimum atomic E-state index is -0.804. The summed E-state index contributed by atoms with van der Waals surface area (Å²) in [5, 5.41) is 2.66. The molecule has 0 saturated heterocycles. The zero-order valence-electron chi connectivity index (χ0n) is 11.4. The van der Waals surface area contributed by atoms with Crippen molar-refractivity contribution in [2.45, 2.75) is 33.3 Å². The van der Waals surface area contributed by atoms with Crippen LogP contribution in [-0.4, -0.2) is 24.5 Å². The van der Waals surface area contributed by atoms with Gasteiger partial charge in [0.05, 0.1) is 0 Å². The van der Waals surface area contributed by atoms with Crippen LogP contribution in [0.15, 0.2) is 22.6 Å². The van der Waals surface area contributed by atoms with Crippen LogP contribution in [0.5, 0.6) is 0 Å². The van der Waals surface area contributed by atoms with Gasteiger partial charge in [0.25, 0.3) is 5.91 Å². The van der Waals surface area contributed by atoms with E-state index in [0.29, 0.717) is 12.3 Å². The van der Waals surface area contributed by atoms with Gasteiger partial charge in [0.1, 0.15) is 11.5 Å². The molecular weight excluding hydrogens is 246 g/mol. The maximum atomic E-state index is 11.5. The van der Waals surface area contributed by atoms with E-state index in [1.807, 2.05) is 13.8 Å². The van der Waals surface area contributed by atoms with E-state index >= 15 is 0 Å². The predicted octanol–water partition coefficient (Wildman–Crippen LogP) is 2.06. The Morgan fingerprint density at radius 2 is 2.21 bits per heavy atom. The minimum Gasteiger partial charge on any atom is -0.462 e. The first-order chi connectivity index (χ1) is 9.02. The molecule has 1 aromatic heterocycles. The molecule has 0 saturated carbocycles. The third-order valence-electron chi connectivity index (χ3n) is 2.36. The zero-order chi connectivity index (χ0) is 14.3. The second-order valence-electron chi connectivity index (χ2n) is 4.15. The van der Waals surface area contributed by atoms with Crippen molar-refractivity contribution in [3.63, 3.8) is 0 Å². The summed E-state index contributed by atoms with van der Waals surface area (Å²) in [7, 11) is 0. The van der Waals surface area contributed by atoms with Gasteiger partial charge in [-0.3, -0.25) is 4.79 Å². The molecule has 1 amide bonds. The number of ether oxygens (including phenoxy) is 1. The summed E-state index contributed by atoms with van der Waals surface area (Å²) in [6, 6.07) is 3.54. The number of hydrogen-bond donors (Lipinski definition) is 1. The second kappa shape index (κ2) is 7.41. The molecule has 1 N–H and O–H groups in total. The average molecular weight is 265 g/mol. The van der Waals surface area contributed by atoms with Crippen molar-refractivity contribution in [3.05, 3.63) is 29.7 Å². The molecule has 1 unspecified atom stereocenters. The van der Waals surface area contributed by atoms with E-state index in [9.17, 15) is 9.59 Å². The molecular formula is C14H19NO4. The molecule has 104 valence electrons. The molecule has 0 aliphatic carbocycles. The number of carbonyl (C=O) groups is 2. The SMILES string of the molecule is CCCNC(=O)C(C)OC(=O)/C=C/c1ccc(C)o1. The van der Waals surface area contributed by atoms with Crippen LogP contribution in [0.4, 0.5) is 0 Å². The molecule has 19 heavy (non-hydrogen) atoms. The van der Waals surface area contributed by atoms with Gasteiger partial charge in [-0.05, 0) is 38.5 Å². The molecule has 1 heterocycles. The topological polar surface area (TPSA) is 68.5 Å². The van der Waals surface area contributed by atoms with Gasteiger partial charge in [-0.2, -0.15) is 0 Å². The molecule has 1 atom stereocenters. The van der Waals surface area contributed by atoms with Crippen molar-refractivity contribution in [3.8, 4) is 0 Å². The second-order valence-corrected chi connectivity index (χ2v) is 4.15. The molecule has 1 aromatic rings. The lowest BCUT2D eigenvalue weighted by atomic mass is 10.3. The van der Waals surface area contributed by atoms with Crippen LogP contribution in [0.2, 0.25) is 0 Å². The number of aryl methyl sites for hydroxylation is 1. The predicted molar refractivity (Wildman–Crippen MR) is 71.3 cm³/mol. The first kappa shape index (κ1) is 15.0. The van der Waals surface area contributed by atoms with Crippen LogP contribution < -0.4 is 5.32 Å². The summed E-state index contributed by atoms with van der Waals surface area (Å²) >= 11 is 0. The Balaban J connectivity index is 2.42. The lowest BCUT2D eigenvalue weighted by molar-refractivity contribution is -0.150. The van der Waals surface area contributed by atoms with Crippen LogP contribution >= 0.6 is 0 Å². The Bertz CT molecular complexity index is 462. The Kier molecular flexibility index (Phi) is 5.85. The molecule has 0 radical (unpaired) electrons. The molecule has 0 aliphatic rings.